The second-order valence-corrected chi connectivity index (χ2v) is 6.08. The normalized spacial score (nSPS) is 16.1. The molecule has 1 aromatic carbocycles. The zero-order chi connectivity index (χ0) is 15.5. The van der Waals surface area contributed by atoms with Gasteiger partial charge in [-0.25, -0.2) is 4.98 Å². The molecule has 23 heavy (non-hydrogen) atoms. The number of aromatic nitrogens is 2. The van der Waals surface area contributed by atoms with E-state index in [2.05, 4.69) is 68.0 Å². The van der Waals surface area contributed by atoms with Gasteiger partial charge in [0.15, 0.2) is 0 Å². The number of rotatable bonds is 4. The van der Waals surface area contributed by atoms with Crippen LogP contribution in [0.1, 0.15) is 0 Å². The first-order valence-electron chi connectivity index (χ1n) is 8.32. The summed E-state index contributed by atoms with van der Waals surface area (Å²) in [4.78, 5) is 9.38. The Kier molecular flexibility index (Phi) is 3.99. The molecule has 118 valence electrons. The smallest absolute Gasteiger partial charge is 0.128 e. The van der Waals surface area contributed by atoms with Crippen LogP contribution in [0.3, 0.4) is 0 Å². The summed E-state index contributed by atoms with van der Waals surface area (Å²) in [6.45, 7) is 6.49. The minimum absolute atomic E-state index is 1.05. The Labute approximate surface area is 137 Å². The SMILES string of the molecule is c1ccc(N2CCN(CCn3ccc4ccccc43)CC2)nc1. The molecular weight excluding hydrogens is 284 g/mol. The van der Waals surface area contributed by atoms with Gasteiger partial charge in [0.2, 0.25) is 0 Å². The zero-order valence-electron chi connectivity index (χ0n) is 13.3. The average Bonchev–Trinajstić information content (AvgIpc) is 3.04. The summed E-state index contributed by atoms with van der Waals surface area (Å²) in [5, 5.41) is 1.33. The molecule has 3 aromatic rings. The number of hydrogen-bond donors (Lipinski definition) is 0. The van der Waals surface area contributed by atoms with Crippen LogP contribution < -0.4 is 4.90 Å². The quantitative estimate of drug-likeness (QED) is 0.741. The Morgan fingerprint density at radius 1 is 0.826 bits per heavy atom. The topological polar surface area (TPSA) is 24.3 Å². The molecule has 0 radical (unpaired) electrons. The minimum Gasteiger partial charge on any atom is -0.354 e. The molecule has 0 N–H and O–H groups in total. The molecule has 1 aliphatic heterocycles. The van der Waals surface area contributed by atoms with E-state index in [1.165, 1.54) is 10.9 Å². The molecule has 3 heterocycles. The highest BCUT2D eigenvalue weighted by Crippen LogP contribution is 2.16. The number of para-hydroxylation sites is 1. The van der Waals surface area contributed by atoms with Gasteiger partial charge in [-0.2, -0.15) is 0 Å². The number of benzene rings is 1. The van der Waals surface area contributed by atoms with Crippen molar-refractivity contribution in [2.45, 2.75) is 6.54 Å². The molecule has 1 fully saturated rings. The maximum atomic E-state index is 4.45. The third-order valence-corrected chi connectivity index (χ3v) is 4.68. The fourth-order valence-electron chi connectivity index (χ4n) is 3.33. The predicted octanol–water partition coefficient (Wildman–Crippen LogP) is 2.86. The molecule has 2 aromatic heterocycles. The summed E-state index contributed by atoms with van der Waals surface area (Å²) in [6, 6.07) is 16.9. The van der Waals surface area contributed by atoms with E-state index in [0.717, 1.165) is 45.1 Å². The van der Waals surface area contributed by atoms with Crippen LogP contribution in [0.4, 0.5) is 5.82 Å². The van der Waals surface area contributed by atoms with E-state index in [0.29, 0.717) is 0 Å². The lowest BCUT2D eigenvalue weighted by atomic mass is 10.2. The van der Waals surface area contributed by atoms with Gasteiger partial charge < -0.3 is 9.47 Å². The Bertz CT molecular complexity index is 757. The van der Waals surface area contributed by atoms with Crippen molar-refractivity contribution in [2.24, 2.45) is 0 Å². The number of hydrogen-bond acceptors (Lipinski definition) is 3. The van der Waals surface area contributed by atoms with Crippen LogP contribution in [0.25, 0.3) is 10.9 Å². The minimum atomic E-state index is 1.05. The van der Waals surface area contributed by atoms with Crippen molar-refractivity contribution in [3.05, 3.63) is 60.9 Å². The van der Waals surface area contributed by atoms with Crippen LogP contribution in [-0.2, 0) is 6.54 Å². The molecule has 4 rings (SSSR count). The van der Waals surface area contributed by atoms with Gasteiger partial charge in [0.25, 0.3) is 0 Å². The van der Waals surface area contributed by atoms with E-state index in [-0.39, 0.29) is 0 Å². The molecule has 0 unspecified atom stereocenters. The molecule has 4 nitrogen and oxygen atoms in total. The van der Waals surface area contributed by atoms with Crippen LogP contribution in [-0.4, -0.2) is 47.2 Å². The first-order chi connectivity index (χ1) is 11.4. The maximum Gasteiger partial charge on any atom is 0.128 e. The third-order valence-electron chi connectivity index (χ3n) is 4.68. The van der Waals surface area contributed by atoms with Crippen molar-refractivity contribution in [1.29, 1.82) is 0 Å². The van der Waals surface area contributed by atoms with E-state index < -0.39 is 0 Å². The average molecular weight is 306 g/mol. The Hall–Kier alpha value is -2.33. The van der Waals surface area contributed by atoms with Gasteiger partial charge >= 0.3 is 0 Å². The summed E-state index contributed by atoms with van der Waals surface area (Å²) in [5.41, 5.74) is 1.33. The molecule has 0 amide bonds. The van der Waals surface area contributed by atoms with Gasteiger partial charge in [0.1, 0.15) is 5.82 Å². The highest BCUT2D eigenvalue weighted by molar-refractivity contribution is 5.79. The van der Waals surface area contributed by atoms with Crippen LogP contribution in [0.15, 0.2) is 60.9 Å². The number of fused-ring (bicyclic) bond motifs is 1. The number of nitrogens with zero attached hydrogens (tertiary/aromatic N) is 4. The van der Waals surface area contributed by atoms with E-state index in [1.807, 2.05) is 12.3 Å². The summed E-state index contributed by atoms with van der Waals surface area (Å²) < 4.78 is 2.36. The van der Waals surface area contributed by atoms with Crippen LogP contribution >= 0.6 is 0 Å². The highest BCUT2D eigenvalue weighted by Gasteiger charge is 2.17. The monoisotopic (exact) mass is 306 g/mol. The Morgan fingerprint density at radius 3 is 2.48 bits per heavy atom. The summed E-state index contributed by atoms with van der Waals surface area (Å²) in [6.07, 6.45) is 4.08. The summed E-state index contributed by atoms with van der Waals surface area (Å²) >= 11 is 0. The first-order valence-corrected chi connectivity index (χ1v) is 8.32. The molecule has 0 atom stereocenters. The highest BCUT2D eigenvalue weighted by atomic mass is 15.3. The fraction of sp³-hybridized carbons (Fsp3) is 0.316. The first kappa shape index (κ1) is 14.3. The molecule has 0 saturated carbocycles. The summed E-state index contributed by atoms with van der Waals surface area (Å²) in [7, 11) is 0. The van der Waals surface area contributed by atoms with Crippen molar-refractivity contribution in [3.8, 4) is 0 Å². The lowest BCUT2D eigenvalue weighted by Gasteiger charge is -2.35. The Balaban J connectivity index is 1.33. The fourth-order valence-corrected chi connectivity index (χ4v) is 3.33. The molecule has 0 bridgehead atoms. The maximum absolute atomic E-state index is 4.45. The van der Waals surface area contributed by atoms with Crippen LogP contribution in [0, 0.1) is 0 Å². The second kappa shape index (κ2) is 6.42. The van der Waals surface area contributed by atoms with Gasteiger partial charge in [-0.05, 0) is 29.7 Å². The van der Waals surface area contributed by atoms with Crippen molar-refractivity contribution < 1.29 is 0 Å². The van der Waals surface area contributed by atoms with E-state index in [4.69, 9.17) is 0 Å². The van der Waals surface area contributed by atoms with Crippen molar-refractivity contribution in [3.63, 3.8) is 0 Å². The predicted molar refractivity (Wildman–Crippen MR) is 94.8 cm³/mol. The number of piperazine rings is 1. The Morgan fingerprint density at radius 2 is 1.65 bits per heavy atom. The largest absolute Gasteiger partial charge is 0.354 e. The standard InChI is InChI=1S/C19H22N4/c1-2-6-18-17(5-1)8-10-22(18)14-11-21-12-15-23(16-13-21)19-7-3-4-9-20-19/h1-10H,11-16H2. The van der Waals surface area contributed by atoms with E-state index >= 15 is 0 Å². The molecule has 0 aliphatic carbocycles. The second-order valence-electron chi connectivity index (χ2n) is 6.08. The third kappa shape index (κ3) is 3.08. The molecule has 0 spiro atoms. The molecule has 1 aliphatic rings. The van der Waals surface area contributed by atoms with Crippen LogP contribution in [0.2, 0.25) is 0 Å². The van der Waals surface area contributed by atoms with E-state index in [1.54, 1.807) is 0 Å². The van der Waals surface area contributed by atoms with Gasteiger partial charge in [0, 0.05) is 57.2 Å². The summed E-state index contributed by atoms with van der Waals surface area (Å²) in [5.74, 6) is 1.10. The van der Waals surface area contributed by atoms with Gasteiger partial charge in [-0.15, -0.1) is 0 Å². The van der Waals surface area contributed by atoms with E-state index in [9.17, 15) is 0 Å². The van der Waals surface area contributed by atoms with Gasteiger partial charge in [0.05, 0.1) is 0 Å². The zero-order valence-corrected chi connectivity index (χ0v) is 13.3. The number of pyridine rings is 1. The molecular formula is C19H22N4. The van der Waals surface area contributed by atoms with Crippen LogP contribution in [0.5, 0.6) is 0 Å². The van der Waals surface area contributed by atoms with Gasteiger partial charge in [-0.3, -0.25) is 4.90 Å². The number of anilines is 1. The molecule has 1 saturated heterocycles. The molecule has 4 heteroatoms. The lowest BCUT2D eigenvalue weighted by molar-refractivity contribution is 0.249. The lowest BCUT2D eigenvalue weighted by Crippen LogP contribution is -2.47. The van der Waals surface area contributed by atoms with Gasteiger partial charge in [-0.1, -0.05) is 24.3 Å². The van der Waals surface area contributed by atoms with Crippen molar-refractivity contribution in [2.75, 3.05) is 37.6 Å². The van der Waals surface area contributed by atoms with Crippen molar-refractivity contribution in [1.82, 2.24) is 14.5 Å². The van der Waals surface area contributed by atoms with Crippen molar-refractivity contribution >= 4 is 16.7 Å².